The van der Waals surface area contributed by atoms with E-state index in [-0.39, 0.29) is 12.0 Å². The van der Waals surface area contributed by atoms with Gasteiger partial charge >= 0.3 is 6.18 Å². The van der Waals surface area contributed by atoms with E-state index in [1.165, 1.54) is 0 Å². The van der Waals surface area contributed by atoms with Crippen molar-refractivity contribution < 1.29 is 13.2 Å². The highest BCUT2D eigenvalue weighted by Gasteiger charge is 2.21. The molecule has 3 N–H and O–H groups in total. The second-order valence-electron chi connectivity index (χ2n) is 3.72. The number of nitrogens with zero attached hydrogens (tertiary/aromatic N) is 1. The minimum atomic E-state index is -4.31. The van der Waals surface area contributed by atoms with E-state index in [0.29, 0.717) is 16.6 Å². The number of aromatic nitrogens is 2. The van der Waals surface area contributed by atoms with Crippen LogP contribution < -0.4 is 5.73 Å². The molecule has 0 radical (unpaired) electrons. The molecule has 90 valence electrons. The summed E-state index contributed by atoms with van der Waals surface area (Å²) in [5.41, 5.74) is 7.93. The van der Waals surface area contributed by atoms with Crippen molar-refractivity contribution in [2.24, 2.45) is 0 Å². The molecule has 0 spiro atoms. The van der Waals surface area contributed by atoms with E-state index in [2.05, 4.69) is 9.97 Å². The highest BCUT2D eigenvalue weighted by Crippen LogP contribution is 2.23. The predicted octanol–water partition coefficient (Wildman–Crippen LogP) is 3.03. The van der Waals surface area contributed by atoms with Crippen LogP contribution in [0.25, 0.3) is 17.1 Å². The van der Waals surface area contributed by atoms with Gasteiger partial charge in [-0.25, -0.2) is 4.98 Å². The summed E-state index contributed by atoms with van der Waals surface area (Å²) in [5.74, 6) is 0.247. The zero-order valence-electron chi connectivity index (χ0n) is 8.97. The molecule has 0 amide bonds. The van der Waals surface area contributed by atoms with Crippen LogP contribution in [-0.4, -0.2) is 16.1 Å². The van der Waals surface area contributed by atoms with Crippen LogP contribution >= 0.6 is 0 Å². The van der Waals surface area contributed by atoms with Gasteiger partial charge in [-0.15, -0.1) is 0 Å². The van der Waals surface area contributed by atoms with E-state index in [4.69, 9.17) is 5.73 Å². The average Bonchev–Trinajstić information content (AvgIpc) is 2.52. The zero-order valence-corrected chi connectivity index (χ0v) is 8.97. The average molecular weight is 241 g/mol. The van der Waals surface area contributed by atoms with Crippen molar-refractivity contribution in [1.29, 1.82) is 0 Å². The molecule has 6 heteroatoms. The molecule has 0 bridgehead atoms. The quantitative estimate of drug-likeness (QED) is 0.806. The Morgan fingerprint density at radius 3 is 2.71 bits per heavy atom. The molecule has 2 aromatic rings. The first kappa shape index (κ1) is 11.5. The first-order valence-electron chi connectivity index (χ1n) is 4.87. The number of nitrogens with two attached hydrogens (primary N) is 1. The molecule has 3 nitrogen and oxygen atoms in total. The summed E-state index contributed by atoms with van der Waals surface area (Å²) in [7, 11) is 0. The fraction of sp³-hybridized carbons (Fsp3) is 0.182. The molecular weight excluding hydrogens is 231 g/mol. The SMILES string of the molecule is Cc1cc2[nH]c(N)nc2cc1/C=C/C(F)(F)F. The van der Waals surface area contributed by atoms with E-state index in [0.717, 1.165) is 11.6 Å². The number of nitrogen functional groups attached to an aromatic ring is 1. The largest absolute Gasteiger partial charge is 0.409 e. The summed E-state index contributed by atoms with van der Waals surface area (Å²) in [6.07, 6.45) is -3.08. The Kier molecular flexibility index (Phi) is 2.57. The molecule has 0 aliphatic heterocycles. The number of anilines is 1. The van der Waals surface area contributed by atoms with E-state index in [9.17, 15) is 13.2 Å². The number of halogens is 3. The van der Waals surface area contributed by atoms with Gasteiger partial charge in [0.1, 0.15) is 0 Å². The van der Waals surface area contributed by atoms with Gasteiger partial charge in [-0.3, -0.25) is 0 Å². The Balaban J connectivity index is 2.47. The number of aryl methyl sites for hydroxylation is 1. The summed E-state index contributed by atoms with van der Waals surface area (Å²) in [5, 5.41) is 0. The van der Waals surface area contributed by atoms with Crippen molar-refractivity contribution in [1.82, 2.24) is 9.97 Å². The number of hydrogen-bond acceptors (Lipinski definition) is 2. The van der Waals surface area contributed by atoms with E-state index in [1.54, 1.807) is 19.1 Å². The number of fused-ring (bicyclic) bond motifs is 1. The Labute approximate surface area is 95.1 Å². The first-order chi connectivity index (χ1) is 7.85. The van der Waals surface area contributed by atoms with E-state index < -0.39 is 6.18 Å². The van der Waals surface area contributed by atoms with Gasteiger partial charge in [0.15, 0.2) is 5.95 Å². The van der Waals surface area contributed by atoms with Crippen LogP contribution in [0.3, 0.4) is 0 Å². The summed E-state index contributed by atoms with van der Waals surface area (Å²) in [6, 6.07) is 3.29. The van der Waals surface area contributed by atoms with Crippen LogP contribution in [0.5, 0.6) is 0 Å². The summed E-state index contributed by atoms with van der Waals surface area (Å²) >= 11 is 0. The third-order valence-electron chi connectivity index (χ3n) is 2.34. The second kappa shape index (κ2) is 3.80. The highest BCUT2D eigenvalue weighted by molar-refractivity contribution is 5.81. The molecule has 0 aliphatic carbocycles. The van der Waals surface area contributed by atoms with Crippen molar-refractivity contribution in [2.75, 3.05) is 5.73 Å². The van der Waals surface area contributed by atoms with Gasteiger partial charge in [-0.1, -0.05) is 0 Å². The Morgan fingerprint density at radius 2 is 2.06 bits per heavy atom. The van der Waals surface area contributed by atoms with Crippen molar-refractivity contribution in [3.63, 3.8) is 0 Å². The Bertz CT molecular complexity index is 581. The normalized spacial score (nSPS) is 12.7. The molecule has 0 fully saturated rings. The van der Waals surface area contributed by atoms with Gasteiger partial charge in [-0.05, 0) is 36.3 Å². The number of rotatable bonds is 1. The fourth-order valence-electron chi connectivity index (χ4n) is 1.56. The van der Waals surface area contributed by atoms with Crippen LogP contribution in [0.4, 0.5) is 19.1 Å². The highest BCUT2D eigenvalue weighted by atomic mass is 19.4. The first-order valence-corrected chi connectivity index (χ1v) is 4.87. The van der Waals surface area contributed by atoms with Crippen LogP contribution in [-0.2, 0) is 0 Å². The number of H-pyrrole nitrogens is 1. The molecule has 1 aromatic heterocycles. The van der Waals surface area contributed by atoms with Crippen LogP contribution in [0.15, 0.2) is 18.2 Å². The fourth-order valence-corrected chi connectivity index (χ4v) is 1.56. The van der Waals surface area contributed by atoms with Crippen molar-refractivity contribution in [3.05, 3.63) is 29.3 Å². The lowest BCUT2D eigenvalue weighted by Crippen LogP contribution is -2.00. The van der Waals surface area contributed by atoms with Gasteiger partial charge < -0.3 is 10.7 Å². The molecule has 0 unspecified atom stereocenters. The minimum absolute atomic E-state index is 0.206. The number of hydrogen-bond donors (Lipinski definition) is 2. The maximum absolute atomic E-state index is 12.1. The lowest BCUT2D eigenvalue weighted by Gasteiger charge is -2.02. The summed E-state index contributed by atoms with van der Waals surface area (Å²) in [4.78, 5) is 6.79. The second-order valence-corrected chi connectivity index (χ2v) is 3.72. The van der Waals surface area contributed by atoms with Gasteiger partial charge in [0.25, 0.3) is 0 Å². The number of nitrogens with one attached hydrogen (secondary N) is 1. The third-order valence-corrected chi connectivity index (χ3v) is 2.34. The number of allylic oxidation sites excluding steroid dienone is 1. The van der Waals surface area contributed by atoms with Crippen LogP contribution in [0.1, 0.15) is 11.1 Å². The minimum Gasteiger partial charge on any atom is -0.369 e. The number of imidazole rings is 1. The smallest absolute Gasteiger partial charge is 0.369 e. The van der Waals surface area contributed by atoms with Gasteiger partial charge in [0, 0.05) is 6.08 Å². The monoisotopic (exact) mass is 241 g/mol. The topological polar surface area (TPSA) is 54.7 Å². The van der Waals surface area contributed by atoms with Crippen molar-refractivity contribution in [3.8, 4) is 0 Å². The predicted molar refractivity (Wildman–Crippen MR) is 60.3 cm³/mol. The van der Waals surface area contributed by atoms with E-state index in [1.807, 2.05) is 0 Å². The van der Waals surface area contributed by atoms with Gasteiger partial charge in [0.05, 0.1) is 11.0 Å². The third kappa shape index (κ3) is 2.58. The molecule has 0 saturated heterocycles. The number of aromatic amines is 1. The van der Waals surface area contributed by atoms with Crippen molar-refractivity contribution >= 4 is 23.1 Å². The number of benzene rings is 1. The molecule has 1 aromatic carbocycles. The zero-order chi connectivity index (χ0) is 12.6. The maximum Gasteiger partial charge on any atom is 0.409 e. The lowest BCUT2D eigenvalue weighted by atomic mass is 10.1. The van der Waals surface area contributed by atoms with Crippen LogP contribution in [0, 0.1) is 6.92 Å². The number of alkyl halides is 3. The van der Waals surface area contributed by atoms with E-state index >= 15 is 0 Å². The lowest BCUT2D eigenvalue weighted by molar-refractivity contribution is -0.0790. The molecular formula is C11H10F3N3. The summed E-state index contributed by atoms with van der Waals surface area (Å²) in [6.45, 7) is 1.73. The molecule has 2 rings (SSSR count). The molecule has 0 atom stereocenters. The molecule has 0 saturated carbocycles. The Hall–Kier alpha value is -1.98. The molecule has 0 aliphatic rings. The summed E-state index contributed by atoms with van der Waals surface area (Å²) < 4.78 is 36.2. The standard InChI is InChI=1S/C11H10F3N3/c1-6-4-8-9(17-10(15)16-8)5-7(6)2-3-11(12,13)14/h2-5H,1H3,(H3,15,16,17)/b3-2+. The van der Waals surface area contributed by atoms with Crippen molar-refractivity contribution in [2.45, 2.75) is 13.1 Å². The maximum atomic E-state index is 12.1. The van der Waals surface area contributed by atoms with Gasteiger partial charge in [-0.2, -0.15) is 13.2 Å². The molecule has 17 heavy (non-hydrogen) atoms. The van der Waals surface area contributed by atoms with Gasteiger partial charge in [0.2, 0.25) is 0 Å². The van der Waals surface area contributed by atoms with Crippen LogP contribution in [0.2, 0.25) is 0 Å². The Morgan fingerprint density at radius 1 is 1.35 bits per heavy atom. The molecule has 1 heterocycles.